The number of hydrogen-bond donors (Lipinski definition) is 1. The SMILES string of the molecule is C/C(=C\c1ccccc1)C(=O)N1C2CC[C@H]1CN(C(=O)C(c1ccccc1)c1ccccc1)[C@@H]2C(=O)O. The number of hydrogen-bond acceptors (Lipinski definition) is 3. The van der Waals surface area contributed by atoms with Gasteiger partial charge in [0.1, 0.15) is 6.04 Å². The van der Waals surface area contributed by atoms with E-state index in [0.29, 0.717) is 18.4 Å². The highest BCUT2D eigenvalue weighted by Gasteiger charge is 2.53. The van der Waals surface area contributed by atoms with Crippen molar-refractivity contribution in [3.8, 4) is 0 Å². The molecule has 2 aliphatic rings. The van der Waals surface area contributed by atoms with Crippen molar-refractivity contribution in [2.75, 3.05) is 6.54 Å². The van der Waals surface area contributed by atoms with Crippen LogP contribution in [0.1, 0.15) is 42.4 Å². The zero-order valence-corrected chi connectivity index (χ0v) is 20.7. The number of carboxylic acids is 1. The molecular formula is C31H30N2O4. The molecule has 3 aromatic rings. The summed E-state index contributed by atoms with van der Waals surface area (Å²) in [7, 11) is 0. The molecule has 0 saturated carbocycles. The monoisotopic (exact) mass is 494 g/mol. The van der Waals surface area contributed by atoms with Gasteiger partial charge in [-0.1, -0.05) is 91.0 Å². The van der Waals surface area contributed by atoms with Crippen molar-refractivity contribution in [1.82, 2.24) is 9.80 Å². The van der Waals surface area contributed by atoms with E-state index in [1.807, 2.05) is 97.1 Å². The number of benzene rings is 3. The van der Waals surface area contributed by atoms with Gasteiger partial charge in [0, 0.05) is 12.1 Å². The summed E-state index contributed by atoms with van der Waals surface area (Å²) in [5.41, 5.74) is 3.10. The van der Waals surface area contributed by atoms with Crippen molar-refractivity contribution in [3.05, 3.63) is 113 Å². The lowest BCUT2D eigenvalue weighted by atomic mass is 9.88. The maximum atomic E-state index is 14.1. The van der Waals surface area contributed by atoms with E-state index in [1.54, 1.807) is 11.8 Å². The van der Waals surface area contributed by atoms with Crippen LogP contribution >= 0.6 is 0 Å². The zero-order chi connectivity index (χ0) is 25.9. The van der Waals surface area contributed by atoms with E-state index in [1.165, 1.54) is 4.90 Å². The fourth-order valence-corrected chi connectivity index (χ4v) is 5.79. The van der Waals surface area contributed by atoms with Crippen LogP contribution in [-0.4, -0.2) is 57.4 Å². The first-order valence-electron chi connectivity index (χ1n) is 12.6. The van der Waals surface area contributed by atoms with Crippen LogP contribution in [0.5, 0.6) is 0 Å². The van der Waals surface area contributed by atoms with Gasteiger partial charge in [-0.15, -0.1) is 0 Å². The Labute approximate surface area is 216 Å². The van der Waals surface area contributed by atoms with E-state index in [2.05, 4.69) is 0 Å². The van der Waals surface area contributed by atoms with Crippen molar-refractivity contribution in [1.29, 1.82) is 0 Å². The number of nitrogens with zero attached hydrogens (tertiary/aromatic N) is 2. The summed E-state index contributed by atoms with van der Waals surface area (Å²) in [4.78, 5) is 43.5. The Morgan fingerprint density at radius 3 is 1.92 bits per heavy atom. The van der Waals surface area contributed by atoms with Gasteiger partial charge in [-0.05, 0) is 42.5 Å². The first-order chi connectivity index (χ1) is 18.0. The Morgan fingerprint density at radius 1 is 0.838 bits per heavy atom. The van der Waals surface area contributed by atoms with Gasteiger partial charge < -0.3 is 14.9 Å². The lowest BCUT2D eigenvalue weighted by molar-refractivity contribution is -0.160. The molecular weight excluding hydrogens is 464 g/mol. The molecule has 2 amide bonds. The van der Waals surface area contributed by atoms with Gasteiger partial charge >= 0.3 is 5.97 Å². The average molecular weight is 495 g/mol. The summed E-state index contributed by atoms with van der Waals surface area (Å²) >= 11 is 0. The molecule has 0 aromatic heterocycles. The average Bonchev–Trinajstić information content (AvgIpc) is 3.22. The summed E-state index contributed by atoms with van der Waals surface area (Å²) in [5, 5.41) is 10.3. The number of likely N-dealkylation sites (tertiary alicyclic amines) is 1. The van der Waals surface area contributed by atoms with Crippen LogP contribution in [0.2, 0.25) is 0 Å². The fourth-order valence-electron chi connectivity index (χ4n) is 5.79. The van der Waals surface area contributed by atoms with Crippen molar-refractivity contribution >= 4 is 23.9 Å². The standard InChI is InChI=1S/C31H30N2O4/c1-21(19-22-11-5-2-6-12-22)29(34)33-25-17-18-26(33)28(31(36)37)32(20-25)30(35)27(23-13-7-3-8-14-23)24-15-9-4-10-16-24/h2-16,19,25-28H,17-18,20H2,1H3,(H,36,37)/b21-19+/t25-,26?,28-/m0/s1. The first-order valence-corrected chi connectivity index (χ1v) is 12.6. The van der Waals surface area contributed by atoms with Gasteiger partial charge in [-0.25, -0.2) is 4.79 Å². The van der Waals surface area contributed by atoms with E-state index < -0.39 is 24.0 Å². The Balaban J connectivity index is 1.47. The Kier molecular flexibility index (Phi) is 6.91. The van der Waals surface area contributed by atoms with Gasteiger partial charge in [0.25, 0.3) is 0 Å². The largest absolute Gasteiger partial charge is 0.480 e. The van der Waals surface area contributed by atoms with Gasteiger partial charge in [0.15, 0.2) is 0 Å². The molecule has 6 heteroatoms. The molecule has 2 bridgehead atoms. The van der Waals surface area contributed by atoms with E-state index >= 15 is 0 Å². The van der Waals surface area contributed by atoms with Gasteiger partial charge in [0.05, 0.1) is 18.0 Å². The smallest absolute Gasteiger partial charge is 0.328 e. The fraction of sp³-hybridized carbons (Fsp3) is 0.258. The molecule has 1 N–H and O–H groups in total. The summed E-state index contributed by atoms with van der Waals surface area (Å²) in [5.74, 6) is -2.12. The van der Waals surface area contributed by atoms with Crippen molar-refractivity contribution < 1.29 is 19.5 Å². The van der Waals surface area contributed by atoms with Crippen molar-refractivity contribution in [2.45, 2.75) is 43.8 Å². The molecule has 2 fully saturated rings. The molecule has 5 rings (SSSR count). The molecule has 1 unspecified atom stereocenters. The molecule has 6 nitrogen and oxygen atoms in total. The Hall–Kier alpha value is -4.19. The summed E-state index contributed by atoms with van der Waals surface area (Å²) in [6.07, 6.45) is 3.05. The van der Waals surface area contributed by atoms with Gasteiger partial charge in [-0.2, -0.15) is 0 Å². The normalized spacial score (nSPS) is 21.2. The predicted octanol–water partition coefficient (Wildman–Crippen LogP) is 4.58. The second-order valence-electron chi connectivity index (χ2n) is 9.78. The van der Waals surface area contributed by atoms with Crippen LogP contribution in [0, 0.1) is 0 Å². The number of aliphatic carboxylic acids is 1. The third-order valence-corrected chi connectivity index (χ3v) is 7.46. The first kappa shape index (κ1) is 24.5. The summed E-state index contributed by atoms with van der Waals surface area (Å²) in [6.45, 7) is 1.97. The van der Waals surface area contributed by atoms with Crippen molar-refractivity contribution in [3.63, 3.8) is 0 Å². The highest BCUT2D eigenvalue weighted by molar-refractivity contribution is 5.99. The maximum Gasteiger partial charge on any atom is 0.328 e. The summed E-state index contributed by atoms with van der Waals surface area (Å²) < 4.78 is 0. The molecule has 2 saturated heterocycles. The van der Waals surface area contributed by atoms with Crippen molar-refractivity contribution in [2.24, 2.45) is 0 Å². The highest BCUT2D eigenvalue weighted by atomic mass is 16.4. The zero-order valence-electron chi connectivity index (χ0n) is 20.7. The molecule has 2 heterocycles. The minimum Gasteiger partial charge on any atom is -0.480 e. The van der Waals surface area contributed by atoms with Crippen LogP contribution in [0.4, 0.5) is 0 Å². The minimum atomic E-state index is -1.10. The number of fused-ring (bicyclic) bond motifs is 2. The minimum absolute atomic E-state index is 0.169. The number of carbonyl (C=O) groups is 3. The van der Waals surface area contributed by atoms with Gasteiger partial charge in [-0.3, -0.25) is 9.59 Å². The topological polar surface area (TPSA) is 77.9 Å². The van der Waals surface area contributed by atoms with Gasteiger partial charge in [0.2, 0.25) is 11.8 Å². The maximum absolute atomic E-state index is 14.1. The van der Waals surface area contributed by atoms with Crippen LogP contribution in [0.25, 0.3) is 6.08 Å². The van der Waals surface area contributed by atoms with E-state index in [-0.39, 0.29) is 24.4 Å². The molecule has 37 heavy (non-hydrogen) atoms. The highest BCUT2D eigenvalue weighted by Crippen LogP contribution is 2.38. The van der Waals surface area contributed by atoms with Crippen LogP contribution in [-0.2, 0) is 14.4 Å². The Morgan fingerprint density at radius 2 is 1.38 bits per heavy atom. The predicted molar refractivity (Wildman–Crippen MR) is 142 cm³/mol. The number of rotatable bonds is 6. The number of amides is 2. The molecule has 2 aliphatic heterocycles. The second-order valence-corrected chi connectivity index (χ2v) is 9.78. The van der Waals surface area contributed by atoms with Crippen LogP contribution in [0.15, 0.2) is 96.6 Å². The number of piperazine rings is 1. The van der Waals surface area contributed by atoms with E-state index in [4.69, 9.17) is 0 Å². The lowest BCUT2D eigenvalue weighted by Crippen LogP contribution is -2.65. The third-order valence-electron chi connectivity index (χ3n) is 7.46. The lowest BCUT2D eigenvalue weighted by Gasteiger charge is -2.46. The second kappa shape index (κ2) is 10.4. The molecule has 0 radical (unpaired) electrons. The van der Waals surface area contributed by atoms with E-state index in [0.717, 1.165) is 16.7 Å². The Bertz CT molecular complexity index is 1270. The molecule has 3 aromatic carbocycles. The molecule has 0 spiro atoms. The number of carboxylic acid groups (broad SMARTS) is 1. The summed E-state index contributed by atoms with van der Waals surface area (Å²) in [6, 6.07) is 26.6. The quantitative estimate of drug-likeness (QED) is 0.509. The third kappa shape index (κ3) is 4.79. The van der Waals surface area contributed by atoms with E-state index in [9.17, 15) is 19.5 Å². The van der Waals surface area contributed by atoms with Crippen LogP contribution < -0.4 is 0 Å². The van der Waals surface area contributed by atoms with Crippen LogP contribution in [0.3, 0.4) is 0 Å². The number of carbonyl (C=O) groups excluding carboxylic acids is 2. The molecule has 0 aliphatic carbocycles. The molecule has 188 valence electrons. The molecule has 3 atom stereocenters.